The minimum atomic E-state index is -0.528. The maximum Gasteiger partial charge on any atom is 0.312 e. The van der Waals surface area contributed by atoms with E-state index in [1.807, 2.05) is 0 Å². The second-order valence-corrected chi connectivity index (χ2v) is 5.88. The molecule has 2 saturated heterocycles. The molecule has 2 fully saturated rings. The molecule has 2 aliphatic rings. The number of rotatable bonds is 5. The second kappa shape index (κ2) is 9.07. The van der Waals surface area contributed by atoms with Gasteiger partial charge in [0.2, 0.25) is 0 Å². The third kappa shape index (κ3) is 4.93. The largest absolute Gasteiger partial charge is 0.395 e. The first-order valence-corrected chi connectivity index (χ1v) is 8.22. The number of hydrogen-bond acceptors (Lipinski definition) is 5. The van der Waals surface area contributed by atoms with Crippen LogP contribution in [0.25, 0.3) is 0 Å². The predicted octanol–water partition coefficient (Wildman–Crippen LogP) is -0.802. The molecule has 7 nitrogen and oxygen atoms in total. The van der Waals surface area contributed by atoms with Crippen LogP contribution in [0.15, 0.2) is 0 Å². The molecule has 0 radical (unpaired) electrons. The highest BCUT2D eigenvalue weighted by molar-refractivity contribution is 6.35. The molecule has 2 heterocycles. The maximum absolute atomic E-state index is 11.9. The molecule has 126 valence electrons. The summed E-state index contributed by atoms with van der Waals surface area (Å²) in [5.41, 5.74) is 0. The SMILES string of the molecule is O=C(NCCCN1CCCC[C@H]1CO)C(=O)N1CCOCC1. The van der Waals surface area contributed by atoms with E-state index in [9.17, 15) is 14.7 Å². The summed E-state index contributed by atoms with van der Waals surface area (Å²) in [5.74, 6) is -0.992. The summed E-state index contributed by atoms with van der Waals surface area (Å²) >= 11 is 0. The first-order valence-electron chi connectivity index (χ1n) is 8.22. The highest BCUT2D eigenvalue weighted by Gasteiger charge is 2.24. The Kier molecular flexibility index (Phi) is 7.08. The van der Waals surface area contributed by atoms with E-state index in [0.717, 1.165) is 25.9 Å². The topological polar surface area (TPSA) is 82.1 Å². The van der Waals surface area contributed by atoms with Gasteiger partial charge in [-0.15, -0.1) is 0 Å². The minimum Gasteiger partial charge on any atom is -0.395 e. The number of amides is 2. The van der Waals surface area contributed by atoms with Crippen molar-refractivity contribution in [2.24, 2.45) is 0 Å². The van der Waals surface area contributed by atoms with Crippen LogP contribution in [0.2, 0.25) is 0 Å². The molecule has 0 saturated carbocycles. The summed E-state index contributed by atoms with van der Waals surface area (Å²) in [4.78, 5) is 27.5. The van der Waals surface area contributed by atoms with Crippen LogP contribution >= 0.6 is 0 Å². The lowest BCUT2D eigenvalue weighted by molar-refractivity contribution is -0.148. The zero-order chi connectivity index (χ0) is 15.8. The average molecular weight is 313 g/mol. The Morgan fingerprint density at radius 3 is 2.68 bits per heavy atom. The van der Waals surface area contributed by atoms with Crippen molar-refractivity contribution in [1.29, 1.82) is 0 Å². The van der Waals surface area contributed by atoms with Crippen molar-refractivity contribution < 1.29 is 19.4 Å². The lowest BCUT2D eigenvalue weighted by Gasteiger charge is -2.34. The first kappa shape index (κ1) is 17.2. The van der Waals surface area contributed by atoms with Crippen molar-refractivity contribution in [2.75, 3.05) is 52.5 Å². The van der Waals surface area contributed by atoms with Crippen LogP contribution in [-0.2, 0) is 14.3 Å². The molecule has 22 heavy (non-hydrogen) atoms. The number of nitrogens with one attached hydrogen (secondary N) is 1. The van der Waals surface area contributed by atoms with E-state index < -0.39 is 11.8 Å². The Morgan fingerprint density at radius 1 is 1.18 bits per heavy atom. The van der Waals surface area contributed by atoms with Gasteiger partial charge in [0.1, 0.15) is 0 Å². The first-order chi connectivity index (χ1) is 10.7. The third-order valence-electron chi connectivity index (χ3n) is 4.36. The lowest BCUT2D eigenvalue weighted by atomic mass is 10.0. The van der Waals surface area contributed by atoms with Crippen LogP contribution in [0, 0.1) is 0 Å². The van der Waals surface area contributed by atoms with Gasteiger partial charge in [-0.3, -0.25) is 14.5 Å². The van der Waals surface area contributed by atoms with Gasteiger partial charge >= 0.3 is 11.8 Å². The van der Waals surface area contributed by atoms with Crippen LogP contribution in [0.4, 0.5) is 0 Å². The summed E-state index contributed by atoms with van der Waals surface area (Å²) in [6.45, 7) is 4.50. The van der Waals surface area contributed by atoms with Crippen molar-refractivity contribution in [3.8, 4) is 0 Å². The molecular weight excluding hydrogens is 286 g/mol. The van der Waals surface area contributed by atoms with Crippen LogP contribution in [0.5, 0.6) is 0 Å². The fourth-order valence-electron chi connectivity index (χ4n) is 3.03. The Morgan fingerprint density at radius 2 is 1.95 bits per heavy atom. The average Bonchev–Trinajstić information content (AvgIpc) is 2.59. The van der Waals surface area contributed by atoms with Gasteiger partial charge in [-0.05, 0) is 25.8 Å². The standard InChI is InChI=1S/C15H27N3O4/c19-12-13-4-1-2-6-17(13)7-3-5-16-14(20)15(21)18-8-10-22-11-9-18/h13,19H,1-12H2,(H,16,20)/t13-/m0/s1. The van der Waals surface area contributed by atoms with Crippen LogP contribution in [0.3, 0.4) is 0 Å². The number of nitrogens with zero attached hydrogens (tertiary/aromatic N) is 2. The predicted molar refractivity (Wildman–Crippen MR) is 81.3 cm³/mol. The van der Waals surface area contributed by atoms with Crippen molar-refractivity contribution in [2.45, 2.75) is 31.7 Å². The molecule has 2 aliphatic heterocycles. The Balaban J connectivity index is 1.63. The molecule has 0 aliphatic carbocycles. The molecule has 7 heteroatoms. The molecule has 2 N–H and O–H groups in total. The number of aliphatic hydroxyl groups is 1. The molecule has 2 rings (SSSR count). The van der Waals surface area contributed by atoms with Crippen molar-refractivity contribution in [1.82, 2.24) is 15.1 Å². The summed E-state index contributed by atoms with van der Waals surface area (Å²) in [6, 6.07) is 0.249. The number of ether oxygens (including phenoxy) is 1. The number of carbonyl (C=O) groups excluding carboxylic acids is 2. The van der Waals surface area contributed by atoms with E-state index in [-0.39, 0.29) is 12.6 Å². The summed E-state index contributed by atoms with van der Waals surface area (Å²) < 4.78 is 5.16. The van der Waals surface area contributed by atoms with E-state index in [1.165, 1.54) is 17.7 Å². The smallest absolute Gasteiger partial charge is 0.312 e. The molecule has 0 unspecified atom stereocenters. The van der Waals surface area contributed by atoms with Gasteiger partial charge in [0.15, 0.2) is 0 Å². The van der Waals surface area contributed by atoms with E-state index in [0.29, 0.717) is 32.8 Å². The zero-order valence-corrected chi connectivity index (χ0v) is 13.1. The van der Waals surface area contributed by atoms with Gasteiger partial charge in [0, 0.05) is 32.2 Å². The van der Waals surface area contributed by atoms with Crippen molar-refractivity contribution >= 4 is 11.8 Å². The van der Waals surface area contributed by atoms with E-state index in [4.69, 9.17) is 4.74 Å². The fourth-order valence-corrected chi connectivity index (χ4v) is 3.03. The van der Waals surface area contributed by atoms with E-state index in [1.54, 1.807) is 0 Å². The highest BCUT2D eigenvalue weighted by atomic mass is 16.5. The molecule has 0 bridgehead atoms. The van der Waals surface area contributed by atoms with E-state index >= 15 is 0 Å². The zero-order valence-electron chi connectivity index (χ0n) is 13.1. The maximum atomic E-state index is 11.9. The summed E-state index contributed by atoms with van der Waals surface area (Å²) in [6.07, 6.45) is 4.17. The van der Waals surface area contributed by atoms with Gasteiger partial charge in [0.05, 0.1) is 19.8 Å². The van der Waals surface area contributed by atoms with Gasteiger partial charge in [0.25, 0.3) is 0 Å². The summed E-state index contributed by atoms with van der Waals surface area (Å²) in [5, 5.41) is 12.0. The van der Waals surface area contributed by atoms with Gasteiger partial charge in [-0.1, -0.05) is 6.42 Å². The number of hydrogen-bond donors (Lipinski definition) is 2. The molecule has 1 atom stereocenters. The number of carbonyl (C=O) groups is 2. The van der Waals surface area contributed by atoms with Crippen LogP contribution in [0.1, 0.15) is 25.7 Å². The minimum absolute atomic E-state index is 0.196. The van der Waals surface area contributed by atoms with Crippen molar-refractivity contribution in [3.05, 3.63) is 0 Å². The van der Waals surface area contributed by atoms with Crippen LogP contribution < -0.4 is 5.32 Å². The monoisotopic (exact) mass is 313 g/mol. The molecule has 0 aromatic carbocycles. The van der Waals surface area contributed by atoms with E-state index in [2.05, 4.69) is 10.2 Å². The number of likely N-dealkylation sites (tertiary alicyclic amines) is 1. The van der Waals surface area contributed by atoms with Gasteiger partial charge in [-0.2, -0.15) is 0 Å². The summed E-state index contributed by atoms with van der Waals surface area (Å²) in [7, 11) is 0. The fraction of sp³-hybridized carbons (Fsp3) is 0.867. The number of morpholine rings is 1. The van der Waals surface area contributed by atoms with Crippen molar-refractivity contribution in [3.63, 3.8) is 0 Å². The molecule has 0 aromatic heterocycles. The molecule has 0 spiro atoms. The molecular formula is C15H27N3O4. The normalized spacial score (nSPS) is 23.3. The molecule has 2 amide bonds. The third-order valence-corrected chi connectivity index (χ3v) is 4.36. The van der Waals surface area contributed by atoms with Crippen LogP contribution in [-0.4, -0.2) is 85.3 Å². The Bertz CT molecular complexity index is 372. The molecule has 0 aromatic rings. The number of piperidine rings is 1. The second-order valence-electron chi connectivity index (χ2n) is 5.88. The lowest BCUT2D eigenvalue weighted by Crippen LogP contribution is -2.48. The van der Waals surface area contributed by atoms with Gasteiger partial charge in [-0.25, -0.2) is 0 Å². The van der Waals surface area contributed by atoms with Gasteiger partial charge < -0.3 is 20.1 Å². The quantitative estimate of drug-likeness (QED) is 0.513. The highest BCUT2D eigenvalue weighted by Crippen LogP contribution is 2.16. The number of aliphatic hydroxyl groups excluding tert-OH is 1. The Labute approximate surface area is 131 Å². The Hall–Kier alpha value is -1.18.